The second-order valence-corrected chi connectivity index (χ2v) is 2.22. The van der Waals surface area contributed by atoms with Crippen LogP contribution in [0.3, 0.4) is 0 Å². The van der Waals surface area contributed by atoms with Crippen LogP contribution >= 0.6 is 12.2 Å². The van der Waals surface area contributed by atoms with Gasteiger partial charge in [-0.3, -0.25) is 0 Å². The van der Waals surface area contributed by atoms with E-state index in [0.717, 1.165) is 11.2 Å². The van der Waals surface area contributed by atoms with Gasteiger partial charge in [-0.1, -0.05) is 12.2 Å². The number of nitrogens with one attached hydrogen (secondary N) is 2. The quantitative estimate of drug-likeness (QED) is 0.450. The molecule has 0 radical (unpaired) electrons. The van der Waals surface area contributed by atoms with E-state index in [1.54, 1.807) is 6.33 Å². The maximum absolute atomic E-state index is 4.91. The molecule has 2 N–H and O–H groups in total. The summed E-state index contributed by atoms with van der Waals surface area (Å²) in [4.78, 5) is 13.6. The summed E-state index contributed by atoms with van der Waals surface area (Å²) < 4.78 is 0.547. The van der Waals surface area contributed by atoms with E-state index in [0.29, 0.717) is 4.64 Å². The van der Waals surface area contributed by atoms with Gasteiger partial charge in [0, 0.05) is 0 Å². The zero-order valence-electron chi connectivity index (χ0n) is 4.96. The number of aromatic amines is 2. The Bertz CT molecular complexity index is 406. The van der Waals surface area contributed by atoms with Gasteiger partial charge in [-0.2, -0.15) is 0 Å². The van der Waals surface area contributed by atoms with E-state index in [1.807, 2.05) is 0 Å². The van der Waals surface area contributed by atoms with E-state index >= 15 is 0 Å². The SMILES string of the molecule is S=c1nc[nH]c2nc[nH]c12.[NaH]. The van der Waals surface area contributed by atoms with Crippen molar-refractivity contribution in [2.24, 2.45) is 0 Å². The summed E-state index contributed by atoms with van der Waals surface area (Å²) in [7, 11) is 0. The van der Waals surface area contributed by atoms with E-state index in [1.165, 1.54) is 6.33 Å². The van der Waals surface area contributed by atoms with Crippen molar-refractivity contribution < 1.29 is 0 Å². The van der Waals surface area contributed by atoms with Crippen molar-refractivity contribution in [3.63, 3.8) is 0 Å². The third kappa shape index (κ3) is 1.51. The third-order valence-electron chi connectivity index (χ3n) is 1.24. The van der Waals surface area contributed by atoms with Crippen molar-refractivity contribution in [1.29, 1.82) is 0 Å². The molecule has 0 spiro atoms. The first-order valence-electron chi connectivity index (χ1n) is 2.75. The van der Waals surface area contributed by atoms with Gasteiger partial charge >= 0.3 is 29.6 Å². The van der Waals surface area contributed by atoms with Gasteiger partial charge in [0.25, 0.3) is 0 Å². The standard InChI is InChI=1S/C5H4N4S.Na.H/c10-5-3-4(7-1-6-3)8-2-9-5;;/h1-2H,(H2,6,7,8,9,10);;. The third-order valence-corrected chi connectivity index (χ3v) is 1.55. The predicted octanol–water partition coefficient (Wildman–Crippen LogP) is 0.367. The fourth-order valence-corrected chi connectivity index (χ4v) is 0.992. The van der Waals surface area contributed by atoms with Crippen LogP contribution in [0.2, 0.25) is 0 Å². The van der Waals surface area contributed by atoms with Crippen molar-refractivity contribution in [2.75, 3.05) is 0 Å². The molecule has 0 bridgehead atoms. The molecule has 0 unspecified atom stereocenters. The average molecular weight is 176 g/mol. The molecular weight excluding hydrogens is 171 g/mol. The van der Waals surface area contributed by atoms with E-state index in [2.05, 4.69) is 19.9 Å². The Balaban J connectivity index is 0.000000605. The molecule has 0 aliphatic heterocycles. The molecule has 4 nitrogen and oxygen atoms in total. The van der Waals surface area contributed by atoms with Crippen molar-refractivity contribution in [1.82, 2.24) is 19.9 Å². The van der Waals surface area contributed by atoms with Crippen molar-refractivity contribution >= 4 is 52.9 Å². The number of aromatic nitrogens is 4. The van der Waals surface area contributed by atoms with Crippen LogP contribution in [0.25, 0.3) is 11.2 Å². The summed E-state index contributed by atoms with van der Waals surface area (Å²) in [6, 6.07) is 0. The van der Waals surface area contributed by atoms with Crippen LogP contribution in [0, 0.1) is 4.64 Å². The zero-order chi connectivity index (χ0) is 6.97. The Morgan fingerprint density at radius 2 is 1.91 bits per heavy atom. The van der Waals surface area contributed by atoms with Gasteiger partial charge in [-0.05, 0) is 0 Å². The van der Waals surface area contributed by atoms with E-state index in [4.69, 9.17) is 12.2 Å². The first kappa shape index (κ1) is 8.86. The Morgan fingerprint density at radius 3 is 2.64 bits per heavy atom. The summed E-state index contributed by atoms with van der Waals surface area (Å²) in [6.07, 6.45) is 3.12. The molecular formula is C5H5N4NaS. The molecule has 0 aliphatic carbocycles. The first-order chi connectivity index (χ1) is 4.88. The minimum atomic E-state index is 0. The monoisotopic (exact) mass is 176 g/mol. The van der Waals surface area contributed by atoms with Gasteiger partial charge in [0.2, 0.25) is 0 Å². The van der Waals surface area contributed by atoms with Crippen LogP contribution in [0.4, 0.5) is 0 Å². The van der Waals surface area contributed by atoms with Crippen LogP contribution in [0.5, 0.6) is 0 Å². The van der Waals surface area contributed by atoms with Gasteiger partial charge in [-0.15, -0.1) is 0 Å². The molecule has 0 fully saturated rings. The second kappa shape index (κ2) is 3.44. The molecule has 0 saturated carbocycles. The van der Waals surface area contributed by atoms with Crippen LogP contribution in [-0.4, -0.2) is 49.5 Å². The van der Waals surface area contributed by atoms with E-state index in [-0.39, 0.29) is 29.6 Å². The Kier molecular flexibility index (Phi) is 2.78. The fraction of sp³-hybridized carbons (Fsp3) is 0. The molecule has 2 rings (SSSR count). The number of H-pyrrole nitrogens is 2. The van der Waals surface area contributed by atoms with Crippen LogP contribution < -0.4 is 0 Å². The van der Waals surface area contributed by atoms with Crippen molar-refractivity contribution in [2.45, 2.75) is 0 Å². The van der Waals surface area contributed by atoms with Crippen LogP contribution in [0.15, 0.2) is 12.7 Å². The molecule has 0 aliphatic rings. The molecule has 0 aromatic carbocycles. The number of nitrogens with zero attached hydrogens (tertiary/aromatic N) is 2. The summed E-state index contributed by atoms with van der Waals surface area (Å²) in [5.74, 6) is 0. The molecule has 6 heteroatoms. The van der Waals surface area contributed by atoms with Crippen LogP contribution in [-0.2, 0) is 0 Å². The van der Waals surface area contributed by atoms with Crippen molar-refractivity contribution in [3.8, 4) is 0 Å². The molecule has 2 aromatic heterocycles. The number of hydrogen-bond acceptors (Lipinski definition) is 3. The van der Waals surface area contributed by atoms with Gasteiger partial charge in [0.15, 0.2) is 10.3 Å². The predicted molar refractivity (Wildman–Crippen MR) is 46.2 cm³/mol. The molecule has 52 valence electrons. The molecule has 0 saturated heterocycles. The molecule has 11 heavy (non-hydrogen) atoms. The summed E-state index contributed by atoms with van der Waals surface area (Å²) in [5, 5.41) is 0. The number of rotatable bonds is 0. The Hall–Kier alpha value is -0.230. The zero-order valence-corrected chi connectivity index (χ0v) is 5.77. The number of hydrogen-bond donors (Lipinski definition) is 2. The number of fused-ring (bicyclic) bond motifs is 1. The maximum atomic E-state index is 4.91. The Morgan fingerprint density at radius 1 is 1.18 bits per heavy atom. The topological polar surface area (TPSA) is 57.4 Å². The van der Waals surface area contributed by atoms with Crippen molar-refractivity contribution in [3.05, 3.63) is 17.3 Å². The molecule has 2 heterocycles. The fourth-order valence-electron chi connectivity index (χ4n) is 0.783. The normalized spacial score (nSPS) is 9.45. The second-order valence-electron chi connectivity index (χ2n) is 1.83. The first-order valence-corrected chi connectivity index (χ1v) is 3.15. The molecule has 0 amide bonds. The summed E-state index contributed by atoms with van der Waals surface area (Å²) in [5.41, 5.74) is 1.54. The summed E-state index contributed by atoms with van der Waals surface area (Å²) in [6.45, 7) is 0. The minimum absolute atomic E-state index is 0. The van der Waals surface area contributed by atoms with Gasteiger partial charge in [-0.25, -0.2) is 9.97 Å². The van der Waals surface area contributed by atoms with Crippen LogP contribution in [0.1, 0.15) is 0 Å². The average Bonchev–Trinajstić information content (AvgIpc) is 2.36. The van der Waals surface area contributed by atoms with E-state index < -0.39 is 0 Å². The number of imidazole rings is 1. The molecule has 0 atom stereocenters. The van der Waals surface area contributed by atoms with E-state index in [9.17, 15) is 0 Å². The van der Waals surface area contributed by atoms with Gasteiger partial charge in [0.05, 0.1) is 12.7 Å². The Labute approximate surface area is 89.8 Å². The van der Waals surface area contributed by atoms with Gasteiger partial charge in [0.1, 0.15) is 5.52 Å². The van der Waals surface area contributed by atoms with Gasteiger partial charge < -0.3 is 9.97 Å². The summed E-state index contributed by atoms with van der Waals surface area (Å²) >= 11 is 4.91. The molecule has 2 aromatic rings.